The maximum Gasteiger partial charge on any atom is 0.312 e. The monoisotopic (exact) mass is 390 g/mol. The fourth-order valence-electron chi connectivity index (χ4n) is 3.91. The molecule has 1 aliphatic heterocycles. The molecule has 10 nitrogen and oxygen atoms in total. The number of nitrogens with one attached hydrogen (secondary N) is 3. The summed E-state index contributed by atoms with van der Waals surface area (Å²) in [4.78, 5) is 48.6. The van der Waals surface area contributed by atoms with Gasteiger partial charge in [0.1, 0.15) is 18.2 Å². The number of aromatic nitrogens is 2. The van der Waals surface area contributed by atoms with Crippen molar-refractivity contribution >= 4 is 24.1 Å². The fraction of sp³-hybridized carbons (Fsp3) is 0.611. The lowest BCUT2D eigenvalue weighted by molar-refractivity contribution is -0.146. The van der Waals surface area contributed by atoms with Crippen molar-refractivity contribution in [3.05, 3.63) is 18.6 Å². The molecular weight excluding hydrogens is 364 g/mol. The number of hydroxylamine groups is 1. The summed E-state index contributed by atoms with van der Waals surface area (Å²) in [5.74, 6) is 0.0109. The average Bonchev–Trinajstić information content (AvgIpc) is 3.39. The Kier molecular flexibility index (Phi) is 7.26. The summed E-state index contributed by atoms with van der Waals surface area (Å²) in [5, 5.41) is 4.14. The third-order valence-corrected chi connectivity index (χ3v) is 5.29. The second-order valence-corrected chi connectivity index (χ2v) is 7.15. The molecule has 0 bridgehead atoms. The van der Waals surface area contributed by atoms with Gasteiger partial charge in [-0.15, -0.1) is 0 Å². The highest BCUT2D eigenvalue weighted by atomic mass is 16.7. The van der Waals surface area contributed by atoms with E-state index in [4.69, 9.17) is 0 Å². The van der Waals surface area contributed by atoms with E-state index in [-0.39, 0.29) is 24.3 Å². The van der Waals surface area contributed by atoms with E-state index in [1.54, 1.807) is 6.07 Å². The van der Waals surface area contributed by atoms with Gasteiger partial charge in [0.05, 0.1) is 5.92 Å². The van der Waals surface area contributed by atoms with E-state index in [2.05, 4.69) is 31.0 Å². The summed E-state index contributed by atoms with van der Waals surface area (Å²) in [6.45, 7) is 1.04. The van der Waals surface area contributed by atoms with Crippen LogP contribution in [0.1, 0.15) is 38.5 Å². The maximum atomic E-state index is 13.2. The highest BCUT2D eigenvalue weighted by molar-refractivity contribution is 5.97. The van der Waals surface area contributed by atoms with Crippen LogP contribution in [0.25, 0.3) is 0 Å². The standard InChI is InChI=1S/C18H26N6O4/c25-12-28-22-10-14(9-13-3-1-2-4-13)18(27)24-15(5-8-21-24)17(26)23-16-6-7-19-11-20-16/h6-7,11-15,21-22H,1-5,8-10H2,(H,19,20,23,26)/t14-,15+/m1/s1. The number of amides is 2. The first-order chi connectivity index (χ1) is 13.7. The molecular formula is C18H26N6O4. The number of nitrogens with zero attached hydrogens (tertiary/aromatic N) is 3. The van der Waals surface area contributed by atoms with E-state index in [0.717, 1.165) is 12.8 Å². The van der Waals surface area contributed by atoms with Crippen LogP contribution in [-0.4, -0.2) is 52.4 Å². The number of carbonyl (C=O) groups excluding carboxylic acids is 3. The predicted octanol–water partition coefficient (Wildman–Crippen LogP) is 0.395. The molecule has 2 fully saturated rings. The molecule has 1 aromatic rings. The lowest BCUT2D eigenvalue weighted by Gasteiger charge is -2.28. The number of hydrogen-bond donors (Lipinski definition) is 3. The highest BCUT2D eigenvalue weighted by Gasteiger charge is 2.38. The third kappa shape index (κ3) is 5.23. The van der Waals surface area contributed by atoms with Gasteiger partial charge in [0.2, 0.25) is 11.8 Å². The SMILES string of the molecule is O=CONC[C@@H](CC1CCCC1)C(=O)N1NCC[C@H]1C(=O)Nc1ccncn1. The van der Waals surface area contributed by atoms with Crippen LogP contribution in [-0.2, 0) is 19.2 Å². The third-order valence-electron chi connectivity index (χ3n) is 5.29. The zero-order valence-electron chi connectivity index (χ0n) is 15.7. The largest absolute Gasteiger partial charge is 0.374 e. The molecule has 152 valence electrons. The number of rotatable bonds is 9. The summed E-state index contributed by atoms with van der Waals surface area (Å²) in [5.41, 5.74) is 5.56. The molecule has 1 aliphatic carbocycles. The van der Waals surface area contributed by atoms with Crippen LogP contribution in [0.4, 0.5) is 5.82 Å². The molecule has 1 saturated carbocycles. The molecule has 1 aromatic heterocycles. The average molecular weight is 390 g/mol. The van der Waals surface area contributed by atoms with Gasteiger partial charge in [0.15, 0.2) is 0 Å². The van der Waals surface area contributed by atoms with Crippen LogP contribution in [0.5, 0.6) is 0 Å². The Hall–Kier alpha value is -2.59. The zero-order chi connectivity index (χ0) is 19.8. The summed E-state index contributed by atoms with van der Waals surface area (Å²) < 4.78 is 0. The van der Waals surface area contributed by atoms with Gasteiger partial charge in [-0.25, -0.2) is 15.4 Å². The first kappa shape index (κ1) is 20.2. The molecule has 3 rings (SSSR count). The fourth-order valence-corrected chi connectivity index (χ4v) is 3.91. The van der Waals surface area contributed by atoms with Gasteiger partial charge in [-0.1, -0.05) is 25.7 Å². The maximum absolute atomic E-state index is 13.2. The molecule has 3 N–H and O–H groups in total. The molecule has 0 radical (unpaired) electrons. The molecule has 1 saturated heterocycles. The number of hydrogen-bond acceptors (Lipinski definition) is 8. The molecule has 2 heterocycles. The summed E-state index contributed by atoms with van der Waals surface area (Å²) in [6.07, 6.45) is 8.65. The van der Waals surface area contributed by atoms with Crippen LogP contribution < -0.4 is 16.2 Å². The van der Waals surface area contributed by atoms with Gasteiger partial charge in [-0.05, 0) is 24.8 Å². The molecule has 0 spiro atoms. The van der Waals surface area contributed by atoms with Crippen molar-refractivity contribution in [3.8, 4) is 0 Å². The van der Waals surface area contributed by atoms with Crippen LogP contribution in [0.2, 0.25) is 0 Å². The Morgan fingerprint density at radius 3 is 2.89 bits per heavy atom. The second-order valence-electron chi connectivity index (χ2n) is 7.15. The lowest BCUT2D eigenvalue weighted by Crippen LogP contribution is -2.51. The van der Waals surface area contributed by atoms with Crippen LogP contribution in [0.3, 0.4) is 0 Å². The Bertz CT molecular complexity index is 667. The van der Waals surface area contributed by atoms with Crippen molar-refractivity contribution in [2.24, 2.45) is 11.8 Å². The van der Waals surface area contributed by atoms with Crippen molar-refractivity contribution < 1.29 is 19.2 Å². The minimum absolute atomic E-state index is 0.172. The number of hydrazine groups is 1. The van der Waals surface area contributed by atoms with Gasteiger partial charge in [0.25, 0.3) is 0 Å². The van der Waals surface area contributed by atoms with E-state index >= 15 is 0 Å². The molecule has 2 amide bonds. The molecule has 2 atom stereocenters. The first-order valence-electron chi connectivity index (χ1n) is 9.64. The summed E-state index contributed by atoms with van der Waals surface area (Å²) in [6, 6.07) is 0.969. The normalized spacial score (nSPS) is 20.7. The van der Waals surface area contributed by atoms with Gasteiger partial charge in [-0.3, -0.25) is 19.4 Å². The molecule has 0 aromatic carbocycles. The van der Waals surface area contributed by atoms with Crippen molar-refractivity contribution in [1.29, 1.82) is 0 Å². The molecule has 10 heteroatoms. The van der Waals surface area contributed by atoms with E-state index in [1.165, 1.54) is 30.4 Å². The van der Waals surface area contributed by atoms with Gasteiger partial charge >= 0.3 is 6.47 Å². The Labute approximate surface area is 163 Å². The van der Waals surface area contributed by atoms with Gasteiger partial charge in [0, 0.05) is 19.3 Å². The van der Waals surface area contributed by atoms with Crippen LogP contribution >= 0.6 is 0 Å². The number of anilines is 1. The first-order valence-corrected chi connectivity index (χ1v) is 9.64. The summed E-state index contributed by atoms with van der Waals surface area (Å²) >= 11 is 0. The minimum atomic E-state index is -0.625. The number of carbonyl (C=O) groups is 3. The smallest absolute Gasteiger partial charge is 0.312 e. The minimum Gasteiger partial charge on any atom is -0.374 e. The van der Waals surface area contributed by atoms with Crippen LogP contribution in [0.15, 0.2) is 18.6 Å². The van der Waals surface area contributed by atoms with Crippen molar-refractivity contribution in [2.45, 2.75) is 44.6 Å². The van der Waals surface area contributed by atoms with Crippen molar-refractivity contribution in [1.82, 2.24) is 25.9 Å². The van der Waals surface area contributed by atoms with Gasteiger partial charge < -0.3 is 10.2 Å². The van der Waals surface area contributed by atoms with Crippen molar-refractivity contribution in [3.63, 3.8) is 0 Å². The molecule has 0 unspecified atom stereocenters. The van der Waals surface area contributed by atoms with E-state index in [9.17, 15) is 14.4 Å². The van der Waals surface area contributed by atoms with E-state index in [1.807, 2.05) is 0 Å². The Balaban J connectivity index is 1.65. The van der Waals surface area contributed by atoms with Crippen molar-refractivity contribution in [2.75, 3.05) is 18.4 Å². The zero-order valence-corrected chi connectivity index (χ0v) is 15.7. The Morgan fingerprint density at radius 1 is 1.36 bits per heavy atom. The quantitative estimate of drug-likeness (QED) is 0.314. The van der Waals surface area contributed by atoms with Crippen LogP contribution in [0, 0.1) is 11.8 Å². The second kappa shape index (κ2) is 10.1. The van der Waals surface area contributed by atoms with Gasteiger partial charge in [-0.2, -0.15) is 5.48 Å². The lowest BCUT2D eigenvalue weighted by atomic mass is 9.92. The molecule has 28 heavy (non-hydrogen) atoms. The highest BCUT2D eigenvalue weighted by Crippen LogP contribution is 2.31. The summed E-state index contributed by atoms with van der Waals surface area (Å²) in [7, 11) is 0. The van der Waals surface area contributed by atoms with E-state index in [0.29, 0.717) is 37.6 Å². The topological polar surface area (TPSA) is 126 Å². The predicted molar refractivity (Wildman–Crippen MR) is 99.1 cm³/mol. The van der Waals surface area contributed by atoms with E-state index < -0.39 is 6.04 Å². The molecule has 2 aliphatic rings. The Morgan fingerprint density at radius 2 is 2.18 bits per heavy atom.